The molecule has 0 N–H and O–H groups in total. The lowest BCUT2D eigenvalue weighted by atomic mass is 10.1. The molecule has 0 heterocycles. The van der Waals surface area contributed by atoms with Gasteiger partial charge in [-0.05, 0) is 36.6 Å². The van der Waals surface area contributed by atoms with E-state index in [9.17, 15) is 4.79 Å². The summed E-state index contributed by atoms with van der Waals surface area (Å²) in [7, 11) is 0. The lowest BCUT2D eigenvalue weighted by molar-refractivity contribution is -0.109. The summed E-state index contributed by atoms with van der Waals surface area (Å²) in [5, 5.41) is 0.188. The van der Waals surface area contributed by atoms with E-state index >= 15 is 0 Å². The fourth-order valence-electron chi connectivity index (χ4n) is 1.31. The Kier molecular flexibility index (Phi) is 5.85. The summed E-state index contributed by atoms with van der Waals surface area (Å²) in [5.74, 6) is 0.863. The monoisotopic (exact) mass is 298 g/mol. The predicted molar refractivity (Wildman–Crippen MR) is 75.7 cm³/mol. The third-order valence-electron chi connectivity index (χ3n) is 2.12. The molecule has 1 nitrogen and oxygen atoms in total. The van der Waals surface area contributed by atoms with Crippen LogP contribution in [0.4, 0.5) is 0 Å². The molecule has 0 saturated heterocycles. The molecule has 0 radical (unpaired) electrons. The van der Waals surface area contributed by atoms with E-state index < -0.39 is 0 Å². The van der Waals surface area contributed by atoms with Crippen LogP contribution in [-0.2, 0) is 4.79 Å². The maximum Gasteiger partial charge on any atom is 0.185 e. The molecule has 0 aliphatic rings. The Hall–Kier alpha value is -0.540. The van der Waals surface area contributed by atoms with E-state index in [0.717, 1.165) is 16.6 Å². The Morgan fingerprint density at radius 2 is 2.25 bits per heavy atom. The molecule has 0 atom stereocenters. The first-order valence-electron chi connectivity index (χ1n) is 5.15. The number of hydrogen-bond acceptors (Lipinski definition) is 2. The molecular weight excluding hydrogens is 284 g/mol. The largest absolute Gasteiger partial charge is 0.288 e. The van der Waals surface area contributed by atoms with Crippen LogP contribution in [0.5, 0.6) is 0 Å². The number of carbonyl (C=O) groups is 1. The number of aryl methyl sites for hydroxylation is 1. The van der Waals surface area contributed by atoms with Crippen molar-refractivity contribution in [2.75, 3.05) is 5.75 Å². The van der Waals surface area contributed by atoms with Gasteiger partial charge in [-0.25, -0.2) is 0 Å². The molecule has 0 aliphatic carbocycles. The average Bonchev–Trinajstić information content (AvgIpc) is 2.20. The van der Waals surface area contributed by atoms with Crippen LogP contribution >= 0.6 is 27.7 Å². The van der Waals surface area contributed by atoms with E-state index in [0.29, 0.717) is 0 Å². The van der Waals surface area contributed by atoms with Crippen molar-refractivity contribution >= 4 is 38.9 Å². The summed E-state index contributed by atoms with van der Waals surface area (Å²) in [6.45, 7) is 3.70. The van der Waals surface area contributed by atoms with Gasteiger partial charge >= 0.3 is 0 Å². The van der Waals surface area contributed by atoms with Crippen LogP contribution in [0.3, 0.4) is 0 Å². The van der Waals surface area contributed by atoms with Gasteiger partial charge in [-0.1, -0.05) is 45.9 Å². The van der Waals surface area contributed by atoms with Crippen molar-refractivity contribution < 1.29 is 4.79 Å². The summed E-state index contributed by atoms with van der Waals surface area (Å²) in [4.78, 5) is 10.7. The van der Waals surface area contributed by atoms with E-state index in [4.69, 9.17) is 0 Å². The topological polar surface area (TPSA) is 17.1 Å². The predicted octanol–water partition coefficient (Wildman–Crippen LogP) is 4.44. The van der Waals surface area contributed by atoms with Crippen LogP contribution < -0.4 is 0 Å². The second-order valence-electron chi connectivity index (χ2n) is 3.53. The van der Waals surface area contributed by atoms with Crippen LogP contribution in [0.1, 0.15) is 24.5 Å². The summed E-state index contributed by atoms with van der Waals surface area (Å²) in [6.07, 6.45) is 5.16. The molecule has 0 bridgehead atoms. The van der Waals surface area contributed by atoms with E-state index in [1.165, 1.54) is 22.9 Å². The highest BCUT2D eigenvalue weighted by Crippen LogP contribution is 2.17. The van der Waals surface area contributed by atoms with Crippen molar-refractivity contribution in [2.24, 2.45) is 0 Å². The first-order chi connectivity index (χ1) is 7.59. The molecule has 0 aliphatic heterocycles. The van der Waals surface area contributed by atoms with Crippen LogP contribution in [-0.4, -0.2) is 10.9 Å². The van der Waals surface area contributed by atoms with Crippen LogP contribution in [0.25, 0.3) is 6.08 Å². The highest BCUT2D eigenvalue weighted by atomic mass is 79.9. The number of thioether (sulfide) groups is 1. The minimum Gasteiger partial charge on any atom is -0.288 e. The minimum atomic E-state index is 0.188. The molecule has 1 aromatic carbocycles. The van der Waals surface area contributed by atoms with Gasteiger partial charge in [0.2, 0.25) is 0 Å². The lowest BCUT2D eigenvalue weighted by Gasteiger charge is -2.00. The van der Waals surface area contributed by atoms with Gasteiger partial charge in [0.05, 0.1) is 0 Å². The molecule has 1 aromatic rings. The maximum absolute atomic E-state index is 10.7. The molecule has 0 amide bonds. The fourth-order valence-corrected chi connectivity index (χ4v) is 2.32. The normalized spacial score (nSPS) is 10.9. The summed E-state index contributed by atoms with van der Waals surface area (Å²) in [6, 6.07) is 6.23. The zero-order valence-corrected chi connectivity index (χ0v) is 11.9. The van der Waals surface area contributed by atoms with Crippen molar-refractivity contribution in [3.05, 3.63) is 39.9 Å². The smallest absolute Gasteiger partial charge is 0.185 e. The number of halogens is 1. The number of hydrogen-bond donors (Lipinski definition) is 0. The van der Waals surface area contributed by atoms with Crippen molar-refractivity contribution in [3.63, 3.8) is 0 Å². The third-order valence-corrected chi connectivity index (χ3v) is 3.46. The summed E-state index contributed by atoms with van der Waals surface area (Å²) in [5.41, 5.74) is 2.49. The van der Waals surface area contributed by atoms with E-state index in [-0.39, 0.29) is 5.12 Å². The van der Waals surface area contributed by atoms with Gasteiger partial charge in [0.15, 0.2) is 5.12 Å². The van der Waals surface area contributed by atoms with Gasteiger partial charge in [-0.15, -0.1) is 0 Å². The standard InChI is InChI=1S/C13H15BrOS/c1-10-9-13(14)7-6-12(10)5-3-4-8-16-11(2)15/h3,5-7,9H,4,8H2,1-2H3. The molecule has 16 heavy (non-hydrogen) atoms. The molecule has 0 saturated carbocycles. The Labute approximate surface area is 109 Å². The van der Waals surface area contributed by atoms with E-state index in [1.54, 1.807) is 6.92 Å². The number of carbonyl (C=O) groups excluding carboxylic acids is 1. The third kappa shape index (κ3) is 4.99. The second kappa shape index (κ2) is 6.92. The highest BCUT2D eigenvalue weighted by Gasteiger charge is 1.95. The van der Waals surface area contributed by atoms with Gasteiger partial charge in [0, 0.05) is 17.1 Å². The maximum atomic E-state index is 10.7. The molecule has 0 unspecified atom stereocenters. The first-order valence-corrected chi connectivity index (χ1v) is 6.93. The zero-order chi connectivity index (χ0) is 12.0. The first kappa shape index (κ1) is 13.5. The molecule has 86 valence electrons. The van der Waals surface area contributed by atoms with Gasteiger partial charge < -0.3 is 0 Å². The molecule has 0 fully saturated rings. The molecule has 1 rings (SSSR count). The zero-order valence-electron chi connectivity index (χ0n) is 9.50. The fraction of sp³-hybridized carbons (Fsp3) is 0.308. The summed E-state index contributed by atoms with van der Waals surface area (Å²) < 4.78 is 1.11. The molecular formula is C13H15BrOS. The quantitative estimate of drug-likeness (QED) is 0.765. The Morgan fingerprint density at radius 3 is 2.88 bits per heavy atom. The van der Waals surface area contributed by atoms with Crippen LogP contribution in [0, 0.1) is 6.92 Å². The second-order valence-corrected chi connectivity index (χ2v) is 5.72. The molecule has 0 aromatic heterocycles. The number of allylic oxidation sites excluding steroid dienone is 1. The van der Waals surface area contributed by atoms with E-state index in [1.807, 2.05) is 6.07 Å². The Bertz CT molecular complexity index is 399. The lowest BCUT2D eigenvalue weighted by Crippen LogP contribution is -1.84. The number of rotatable bonds is 4. The molecule has 3 heteroatoms. The Balaban J connectivity index is 2.47. The van der Waals surface area contributed by atoms with Gasteiger partial charge in [0.25, 0.3) is 0 Å². The van der Waals surface area contributed by atoms with Gasteiger partial charge in [0.1, 0.15) is 0 Å². The Morgan fingerprint density at radius 1 is 1.50 bits per heavy atom. The minimum absolute atomic E-state index is 0.188. The van der Waals surface area contributed by atoms with Gasteiger partial charge in [-0.2, -0.15) is 0 Å². The van der Waals surface area contributed by atoms with Crippen molar-refractivity contribution in [1.29, 1.82) is 0 Å². The van der Waals surface area contributed by atoms with E-state index in [2.05, 4.69) is 47.1 Å². The van der Waals surface area contributed by atoms with Crippen LogP contribution in [0.2, 0.25) is 0 Å². The number of benzene rings is 1. The van der Waals surface area contributed by atoms with Crippen molar-refractivity contribution in [1.82, 2.24) is 0 Å². The van der Waals surface area contributed by atoms with Crippen molar-refractivity contribution in [3.8, 4) is 0 Å². The van der Waals surface area contributed by atoms with Crippen LogP contribution in [0.15, 0.2) is 28.7 Å². The molecule has 0 spiro atoms. The van der Waals surface area contributed by atoms with Gasteiger partial charge in [-0.3, -0.25) is 4.79 Å². The highest BCUT2D eigenvalue weighted by molar-refractivity contribution is 9.10. The SMILES string of the molecule is CC(=O)SCCC=Cc1ccc(Br)cc1C. The summed E-state index contributed by atoms with van der Waals surface area (Å²) >= 11 is 4.82. The average molecular weight is 299 g/mol. The van der Waals surface area contributed by atoms with Crippen molar-refractivity contribution in [2.45, 2.75) is 20.3 Å².